The number of amides is 1. The van der Waals surface area contributed by atoms with E-state index in [1.807, 2.05) is 13.8 Å². The molecule has 0 aromatic heterocycles. The van der Waals surface area contributed by atoms with Crippen LogP contribution in [-0.4, -0.2) is 46.4 Å². The van der Waals surface area contributed by atoms with Crippen molar-refractivity contribution >= 4 is 17.6 Å². The minimum Gasteiger partial charge on any atom is -0.493 e. The van der Waals surface area contributed by atoms with Gasteiger partial charge in [-0.1, -0.05) is 19.9 Å². The number of hydrogen-bond acceptors (Lipinski definition) is 7. The molecule has 0 aliphatic carbocycles. The number of hydrogen-bond donors (Lipinski definition) is 1. The zero-order valence-electron chi connectivity index (χ0n) is 17.8. The smallest absolute Gasteiger partial charge is 0.338 e. The lowest BCUT2D eigenvalue weighted by atomic mass is 10.2. The first-order valence-corrected chi connectivity index (χ1v) is 9.37. The van der Waals surface area contributed by atoms with E-state index >= 15 is 0 Å². The van der Waals surface area contributed by atoms with Gasteiger partial charge in [0, 0.05) is 17.8 Å². The van der Waals surface area contributed by atoms with Crippen LogP contribution in [0.2, 0.25) is 0 Å². The van der Waals surface area contributed by atoms with E-state index in [0.29, 0.717) is 46.8 Å². The molecule has 2 rings (SSSR count). The lowest BCUT2D eigenvalue weighted by Crippen LogP contribution is -2.21. The molecule has 0 bridgehead atoms. The number of nitrogens with one attached hydrogen (secondary N) is 1. The van der Waals surface area contributed by atoms with Crippen LogP contribution in [-0.2, 0) is 9.53 Å². The minimum atomic E-state index is -0.620. The summed E-state index contributed by atoms with van der Waals surface area (Å²) in [4.78, 5) is 24.5. The van der Waals surface area contributed by atoms with Gasteiger partial charge < -0.3 is 29.0 Å². The Balaban J connectivity index is 1.98. The normalized spacial score (nSPS) is 10.3. The van der Waals surface area contributed by atoms with Crippen LogP contribution in [0.25, 0.3) is 0 Å². The van der Waals surface area contributed by atoms with Crippen LogP contribution >= 0.6 is 0 Å². The summed E-state index contributed by atoms with van der Waals surface area (Å²) in [6.07, 6.45) is 0. The van der Waals surface area contributed by atoms with Gasteiger partial charge in [-0.3, -0.25) is 4.79 Å². The van der Waals surface area contributed by atoms with Crippen LogP contribution in [0.15, 0.2) is 36.4 Å². The molecular formula is C22H27NO7. The number of rotatable bonds is 10. The van der Waals surface area contributed by atoms with E-state index in [1.54, 1.807) is 36.4 Å². The number of esters is 1. The standard InChI is InChI=1S/C22H27NO7/c1-14(2)12-29-17-8-6-7-15(9-17)22(25)30-13-20(24)23-16-10-18(26-3)21(28-5)19(11-16)27-4/h6-11,14H,12-13H2,1-5H3,(H,23,24). The van der Waals surface area contributed by atoms with E-state index in [-0.39, 0.29) is 0 Å². The molecule has 0 unspecified atom stereocenters. The summed E-state index contributed by atoms with van der Waals surface area (Å²) in [5.41, 5.74) is 0.714. The molecule has 0 aliphatic heterocycles. The van der Waals surface area contributed by atoms with Gasteiger partial charge in [-0.2, -0.15) is 0 Å². The maximum atomic E-state index is 12.3. The monoisotopic (exact) mass is 417 g/mol. The molecule has 0 spiro atoms. The summed E-state index contributed by atoms with van der Waals surface area (Å²) < 4.78 is 26.5. The Morgan fingerprint density at radius 1 is 0.967 bits per heavy atom. The molecule has 2 aromatic carbocycles. The highest BCUT2D eigenvalue weighted by atomic mass is 16.5. The van der Waals surface area contributed by atoms with Gasteiger partial charge in [-0.15, -0.1) is 0 Å². The summed E-state index contributed by atoms with van der Waals surface area (Å²) >= 11 is 0. The topological polar surface area (TPSA) is 92.3 Å². The lowest BCUT2D eigenvalue weighted by Gasteiger charge is -2.14. The lowest BCUT2D eigenvalue weighted by molar-refractivity contribution is -0.119. The first kappa shape index (κ1) is 22.9. The Bertz CT molecular complexity index is 855. The third kappa shape index (κ3) is 6.30. The number of ether oxygens (including phenoxy) is 5. The highest BCUT2D eigenvalue weighted by Crippen LogP contribution is 2.39. The van der Waals surface area contributed by atoms with Crippen LogP contribution in [0.5, 0.6) is 23.0 Å². The highest BCUT2D eigenvalue weighted by molar-refractivity contribution is 5.96. The van der Waals surface area contributed by atoms with Gasteiger partial charge in [0.1, 0.15) is 5.75 Å². The van der Waals surface area contributed by atoms with E-state index in [0.717, 1.165) is 0 Å². The molecular weight excluding hydrogens is 390 g/mol. The zero-order chi connectivity index (χ0) is 22.1. The number of anilines is 1. The van der Waals surface area contributed by atoms with Crippen molar-refractivity contribution in [2.24, 2.45) is 5.92 Å². The van der Waals surface area contributed by atoms with Gasteiger partial charge in [0.15, 0.2) is 18.1 Å². The first-order chi connectivity index (χ1) is 14.4. The number of carbonyl (C=O) groups excluding carboxylic acids is 2. The average Bonchev–Trinajstić information content (AvgIpc) is 2.75. The fourth-order valence-electron chi connectivity index (χ4n) is 2.54. The Labute approximate surface area is 176 Å². The molecule has 1 amide bonds. The second-order valence-corrected chi connectivity index (χ2v) is 6.77. The summed E-state index contributed by atoms with van der Waals surface area (Å²) in [5.74, 6) is 0.989. The van der Waals surface area contributed by atoms with Crippen molar-refractivity contribution in [2.75, 3.05) is 39.9 Å². The zero-order valence-corrected chi connectivity index (χ0v) is 17.8. The molecule has 0 radical (unpaired) electrons. The maximum Gasteiger partial charge on any atom is 0.338 e. The molecule has 1 N–H and O–H groups in total. The molecule has 30 heavy (non-hydrogen) atoms. The molecule has 8 heteroatoms. The first-order valence-electron chi connectivity index (χ1n) is 9.37. The SMILES string of the molecule is COc1cc(NC(=O)COC(=O)c2cccc(OCC(C)C)c2)cc(OC)c1OC. The summed E-state index contributed by atoms with van der Waals surface area (Å²) in [5, 5.41) is 2.64. The van der Waals surface area contributed by atoms with E-state index in [2.05, 4.69) is 5.32 Å². The second kappa shape index (κ2) is 10.9. The van der Waals surface area contributed by atoms with Gasteiger partial charge >= 0.3 is 5.97 Å². The number of methoxy groups -OCH3 is 3. The molecule has 0 fully saturated rings. The van der Waals surface area contributed by atoms with Crippen LogP contribution in [0.1, 0.15) is 24.2 Å². The molecule has 0 atom stereocenters. The molecule has 0 aliphatic rings. The Morgan fingerprint density at radius 3 is 2.20 bits per heavy atom. The molecule has 8 nitrogen and oxygen atoms in total. The molecule has 2 aromatic rings. The largest absolute Gasteiger partial charge is 0.493 e. The van der Waals surface area contributed by atoms with E-state index in [4.69, 9.17) is 23.7 Å². The van der Waals surface area contributed by atoms with Gasteiger partial charge in [0.25, 0.3) is 5.91 Å². The third-order valence-corrected chi connectivity index (χ3v) is 3.94. The predicted molar refractivity (Wildman–Crippen MR) is 112 cm³/mol. The molecule has 0 saturated heterocycles. The number of carbonyl (C=O) groups is 2. The maximum absolute atomic E-state index is 12.3. The van der Waals surface area contributed by atoms with Crippen molar-refractivity contribution in [1.29, 1.82) is 0 Å². The van der Waals surface area contributed by atoms with Crippen molar-refractivity contribution < 1.29 is 33.3 Å². The van der Waals surface area contributed by atoms with E-state index in [9.17, 15) is 9.59 Å². The molecule has 0 saturated carbocycles. The number of benzene rings is 2. The molecule has 0 heterocycles. The minimum absolute atomic E-state index is 0.303. The van der Waals surface area contributed by atoms with Crippen LogP contribution in [0.3, 0.4) is 0 Å². The van der Waals surface area contributed by atoms with Crippen molar-refractivity contribution in [3.05, 3.63) is 42.0 Å². The third-order valence-electron chi connectivity index (χ3n) is 3.94. The van der Waals surface area contributed by atoms with Crippen LogP contribution < -0.4 is 24.3 Å². The second-order valence-electron chi connectivity index (χ2n) is 6.77. The summed E-state index contributed by atoms with van der Waals surface area (Å²) in [6, 6.07) is 9.80. The van der Waals surface area contributed by atoms with Crippen molar-refractivity contribution in [3.63, 3.8) is 0 Å². The van der Waals surface area contributed by atoms with Crippen LogP contribution in [0.4, 0.5) is 5.69 Å². The fraction of sp³-hybridized carbons (Fsp3) is 0.364. The van der Waals surface area contributed by atoms with Gasteiger partial charge in [-0.25, -0.2) is 4.79 Å². The van der Waals surface area contributed by atoms with Gasteiger partial charge in [0.05, 0.1) is 33.5 Å². The quantitative estimate of drug-likeness (QED) is 0.591. The van der Waals surface area contributed by atoms with Gasteiger partial charge in [0.2, 0.25) is 5.75 Å². The van der Waals surface area contributed by atoms with Crippen molar-refractivity contribution in [3.8, 4) is 23.0 Å². The Kier molecular flexibility index (Phi) is 8.34. The van der Waals surface area contributed by atoms with Crippen molar-refractivity contribution in [2.45, 2.75) is 13.8 Å². The van der Waals surface area contributed by atoms with Gasteiger partial charge in [-0.05, 0) is 24.1 Å². The summed E-state index contributed by atoms with van der Waals surface area (Å²) in [7, 11) is 4.44. The molecule has 162 valence electrons. The van der Waals surface area contributed by atoms with Crippen LogP contribution in [0, 0.1) is 5.92 Å². The van der Waals surface area contributed by atoms with E-state index < -0.39 is 18.5 Å². The summed E-state index contributed by atoms with van der Waals surface area (Å²) in [6.45, 7) is 4.15. The van der Waals surface area contributed by atoms with E-state index in [1.165, 1.54) is 21.3 Å². The average molecular weight is 417 g/mol. The fourth-order valence-corrected chi connectivity index (χ4v) is 2.54. The Hall–Kier alpha value is -3.42. The Morgan fingerprint density at radius 2 is 1.63 bits per heavy atom. The van der Waals surface area contributed by atoms with Crippen molar-refractivity contribution in [1.82, 2.24) is 0 Å². The predicted octanol–water partition coefficient (Wildman–Crippen LogP) is 3.54. The highest BCUT2D eigenvalue weighted by Gasteiger charge is 2.16.